The van der Waals surface area contributed by atoms with E-state index in [9.17, 15) is 18.0 Å². The van der Waals surface area contributed by atoms with E-state index < -0.39 is 11.7 Å². The molecule has 1 aromatic heterocycles. The lowest BCUT2D eigenvalue weighted by Gasteiger charge is -2.10. The maximum atomic E-state index is 12.6. The molecule has 7 heteroatoms. The molecule has 3 aromatic rings. The third kappa shape index (κ3) is 5.09. The van der Waals surface area contributed by atoms with E-state index in [4.69, 9.17) is 0 Å². The van der Waals surface area contributed by atoms with Gasteiger partial charge in [-0.25, -0.2) is 0 Å². The van der Waals surface area contributed by atoms with Crippen LogP contribution in [-0.4, -0.2) is 10.9 Å². The van der Waals surface area contributed by atoms with Crippen LogP contribution in [-0.2, 0) is 12.7 Å². The molecule has 1 heterocycles. The first-order valence-electron chi connectivity index (χ1n) is 8.55. The highest BCUT2D eigenvalue weighted by atomic mass is 19.4. The van der Waals surface area contributed by atoms with Gasteiger partial charge >= 0.3 is 6.18 Å². The van der Waals surface area contributed by atoms with E-state index in [1.807, 2.05) is 31.2 Å². The number of aromatic nitrogens is 1. The summed E-state index contributed by atoms with van der Waals surface area (Å²) in [6.07, 6.45) is -2.91. The van der Waals surface area contributed by atoms with Gasteiger partial charge in [0.05, 0.1) is 5.56 Å². The van der Waals surface area contributed by atoms with E-state index >= 15 is 0 Å². The van der Waals surface area contributed by atoms with Crippen molar-refractivity contribution >= 4 is 17.3 Å². The van der Waals surface area contributed by atoms with Crippen LogP contribution >= 0.6 is 0 Å². The minimum Gasteiger partial charge on any atom is -0.355 e. The van der Waals surface area contributed by atoms with Crippen LogP contribution in [0, 0.1) is 6.92 Å². The molecule has 0 fully saturated rings. The van der Waals surface area contributed by atoms with Crippen molar-refractivity contribution in [3.8, 4) is 0 Å². The number of carbonyl (C=O) groups is 1. The fraction of sp³-hybridized carbons (Fsp3) is 0.143. The van der Waals surface area contributed by atoms with Gasteiger partial charge in [0.1, 0.15) is 5.69 Å². The number of benzene rings is 2. The Hall–Kier alpha value is -3.35. The Morgan fingerprint density at radius 2 is 1.64 bits per heavy atom. The highest BCUT2D eigenvalue weighted by Gasteiger charge is 2.29. The number of pyridine rings is 1. The van der Waals surface area contributed by atoms with Crippen molar-refractivity contribution in [2.24, 2.45) is 0 Å². The monoisotopic (exact) mass is 385 g/mol. The first-order valence-corrected chi connectivity index (χ1v) is 8.55. The molecule has 0 radical (unpaired) electrons. The Bertz CT molecular complexity index is 952. The van der Waals surface area contributed by atoms with Crippen LogP contribution in [0.1, 0.15) is 27.2 Å². The number of carbonyl (C=O) groups excluding carboxylic acids is 1. The fourth-order valence-corrected chi connectivity index (χ4v) is 2.52. The fourth-order valence-electron chi connectivity index (χ4n) is 2.52. The third-order valence-electron chi connectivity index (χ3n) is 4.07. The van der Waals surface area contributed by atoms with Crippen molar-refractivity contribution in [2.75, 3.05) is 5.32 Å². The maximum absolute atomic E-state index is 12.6. The normalized spacial score (nSPS) is 11.1. The second-order valence-electron chi connectivity index (χ2n) is 6.30. The molecule has 0 aliphatic carbocycles. The van der Waals surface area contributed by atoms with Gasteiger partial charge in [0.2, 0.25) is 0 Å². The van der Waals surface area contributed by atoms with Crippen LogP contribution in [0.15, 0.2) is 66.9 Å². The summed E-state index contributed by atoms with van der Waals surface area (Å²) in [7, 11) is 0. The number of nitrogens with zero attached hydrogens (tertiary/aromatic N) is 1. The number of halogens is 3. The molecule has 28 heavy (non-hydrogen) atoms. The molecular weight excluding hydrogens is 367 g/mol. The zero-order valence-corrected chi connectivity index (χ0v) is 15.0. The van der Waals surface area contributed by atoms with Crippen LogP contribution in [0.2, 0.25) is 0 Å². The number of aryl methyl sites for hydroxylation is 1. The molecule has 1 amide bonds. The van der Waals surface area contributed by atoms with Gasteiger partial charge in [-0.1, -0.05) is 29.8 Å². The van der Waals surface area contributed by atoms with Gasteiger partial charge in [-0.3, -0.25) is 9.78 Å². The Morgan fingerprint density at radius 1 is 0.964 bits per heavy atom. The summed E-state index contributed by atoms with van der Waals surface area (Å²) in [5, 5.41) is 5.77. The summed E-state index contributed by atoms with van der Waals surface area (Å²) in [5.41, 5.74) is 2.63. The van der Waals surface area contributed by atoms with Gasteiger partial charge in [-0.2, -0.15) is 13.2 Å². The summed E-state index contributed by atoms with van der Waals surface area (Å²) in [5.74, 6) is -0.336. The zero-order valence-electron chi connectivity index (χ0n) is 15.0. The molecule has 0 aliphatic heterocycles. The molecule has 0 aliphatic rings. The largest absolute Gasteiger partial charge is 0.416 e. The predicted molar refractivity (Wildman–Crippen MR) is 101 cm³/mol. The van der Waals surface area contributed by atoms with Crippen LogP contribution in [0.3, 0.4) is 0 Å². The minimum atomic E-state index is -4.38. The van der Waals surface area contributed by atoms with E-state index in [1.54, 1.807) is 12.1 Å². The Balaban J connectivity index is 1.64. The minimum absolute atomic E-state index is 0.212. The molecule has 0 bridgehead atoms. The first kappa shape index (κ1) is 19.4. The lowest BCUT2D eigenvalue weighted by molar-refractivity contribution is -0.137. The van der Waals surface area contributed by atoms with Gasteiger partial charge in [0, 0.05) is 24.1 Å². The molecule has 0 saturated carbocycles. The van der Waals surface area contributed by atoms with Crippen molar-refractivity contribution in [3.63, 3.8) is 0 Å². The molecule has 0 spiro atoms. The van der Waals surface area contributed by atoms with E-state index in [-0.39, 0.29) is 11.6 Å². The number of rotatable bonds is 5. The third-order valence-corrected chi connectivity index (χ3v) is 4.07. The molecule has 2 N–H and O–H groups in total. The molecule has 0 atom stereocenters. The van der Waals surface area contributed by atoms with E-state index in [1.165, 1.54) is 18.3 Å². The molecule has 3 rings (SSSR count). The van der Waals surface area contributed by atoms with Crippen molar-refractivity contribution in [1.29, 1.82) is 0 Å². The molecule has 2 aromatic carbocycles. The summed E-state index contributed by atoms with van der Waals surface area (Å²) in [4.78, 5) is 16.4. The van der Waals surface area contributed by atoms with Crippen molar-refractivity contribution < 1.29 is 18.0 Å². The van der Waals surface area contributed by atoms with Crippen molar-refractivity contribution in [3.05, 3.63) is 89.2 Å². The van der Waals surface area contributed by atoms with E-state index in [2.05, 4.69) is 15.6 Å². The van der Waals surface area contributed by atoms with Crippen molar-refractivity contribution in [1.82, 2.24) is 10.3 Å². The summed E-state index contributed by atoms with van der Waals surface area (Å²) in [6, 6.07) is 15.6. The zero-order chi connectivity index (χ0) is 20.1. The molecule has 144 valence electrons. The smallest absolute Gasteiger partial charge is 0.355 e. The van der Waals surface area contributed by atoms with Gasteiger partial charge < -0.3 is 10.6 Å². The molecule has 0 unspecified atom stereocenters. The summed E-state index contributed by atoms with van der Waals surface area (Å²) >= 11 is 0. The molecular formula is C21H18F3N3O. The van der Waals surface area contributed by atoms with Gasteiger partial charge in [-0.15, -0.1) is 0 Å². The Morgan fingerprint density at radius 3 is 2.29 bits per heavy atom. The first-order chi connectivity index (χ1) is 13.3. The topological polar surface area (TPSA) is 54.0 Å². The van der Waals surface area contributed by atoms with Crippen LogP contribution in [0.25, 0.3) is 0 Å². The van der Waals surface area contributed by atoms with Crippen LogP contribution in [0.4, 0.5) is 24.5 Å². The second kappa shape index (κ2) is 8.12. The molecule has 4 nitrogen and oxygen atoms in total. The number of anilines is 2. The Kier molecular flexibility index (Phi) is 5.63. The van der Waals surface area contributed by atoms with E-state index in [0.29, 0.717) is 17.9 Å². The van der Waals surface area contributed by atoms with Crippen LogP contribution < -0.4 is 10.6 Å². The number of nitrogens with one attached hydrogen (secondary N) is 2. The molecule has 0 saturated heterocycles. The summed E-state index contributed by atoms with van der Waals surface area (Å²) in [6.45, 7) is 2.36. The Labute approximate surface area is 160 Å². The average Bonchev–Trinajstić information content (AvgIpc) is 2.67. The average molecular weight is 385 g/mol. The second-order valence-corrected chi connectivity index (χ2v) is 6.30. The van der Waals surface area contributed by atoms with Crippen LogP contribution in [0.5, 0.6) is 0 Å². The van der Waals surface area contributed by atoms with Gasteiger partial charge in [0.15, 0.2) is 0 Å². The highest BCUT2D eigenvalue weighted by molar-refractivity contribution is 5.93. The standard InChI is InChI=1S/C21H18F3N3O/c1-14-2-4-15(5-3-14)13-26-20(28)19-12-18(10-11-25-19)27-17-8-6-16(7-9-17)21(22,23)24/h2-12H,13H2,1H3,(H,25,27)(H,26,28). The lowest BCUT2D eigenvalue weighted by Crippen LogP contribution is -2.23. The highest BCUT2D eigenvalue weighted by Crippen LogP contribution is 2.30. The van der Waals surface area contributed by atoms with Gasteiger partial charge in [0.25, 0.3) is 5.91 Å². The maximum Gasteiger partial charge on any atom is 0.416 e. The SMILES string of the molecule is Cc1ccc(CNC(=O)c2cc(Nc3ccc(C(F)(F)F)cc3)ccn2)cc1. The lowest BCUT2D eigenvalue weighted by atomic mass is 10.1. The number of hydrogen-bond donors (Lipinski definition) is 2. The summed E-state index contributed by atoms with van der Waals surface area (Å²) < 4.78 is 37.9. The number of amides is 1. The number of hydrogen-bond acceptors (Lipinski definition) is 3. The van der Waals surface area contributed by atoms with Crippen molar-refractivity contribution in [2.45, 2.75) is 19.6 Å². The predicted octanol–water partition coefficient (Wildman–Crippen LogP) is 5.08. The number of alkyl halides is 3. The quantitative estimate of drug-likeness (QED) is 0.644. The van der Waals surface area contributed by atoms with Gasteiger partial charge in [-0.05, 0) is 48.9 Å². The van der Waals surface area contributed by atoms with E-state index in [0.717, 1.165) is 23.3 Å².